The lowest BCUT2D eigenvalue weighted by Gasteiger charge is -2.35. The molecule has 0 unspecified atom stereocenters. The number of anilines is 1. The van der Waals surface area contributed by atoms with Crippen LogP contribution >= 0.6 is 0 Å². The van der Waals surface area contributed by atoms with Gasteiger partial charge in [-0.2, -0.15) is 0 Å². The van der Waals surface area contributed by atoms with Crippen LogP contribution in [0.3, 0.4) is 0 Å². The van der Waals surface area contributed by atoms with Crippen molar-refractivity contribution >= 4 is 22.9 Å². The first-order valence-corrected chi connectivity index (χ1v) is 9.45. The molecule has 28 heavy (non-hydrogen) atoms. The van der Waals surface area contributed by atoms with Gasteiger partial charge in [-0.15, -0.1) is 5.10 Å². The van der Waals surface area contributed by atoms with Crippen LogP contribution in [-0.4, -0.2) is 75.2 Å². The van der Waals surface area contributed by atoms with Crippen LogP contribution in [0, 0.1) is 0 Å². The molecule has 4 rings (SSSR count). The van der Waals surface area contributed by atoms with Crippen LogP contribution in [0.25, 0.3) is 11.2 Å². The summed E-state index contributed by atoms with van der Waals surface area (Å²) in [7, 11) is 0. The first-order valence-electron chi connectivity index (χ1n) is 9.45. The number of nitrogens with zero attached hydrogens (tertiary/aromatic N) is 7. The molecule has 1 aliphatic heterocycles. The zero-order valence-corrected chi connectivity index (χ0v) is 15.9. The molecule has 0 atom stereocenters. The summed E-state index contributed by atoms with van der Waals surface area (Å²) in [4.78, 5) is 24.9. The van der Waals surface area contributed by atoms with Gasteiger partial charge in [0.2, 0.25) is 5.91 Å². The van der Waals surface area contributed by atoms with Crippen LogP contribution in [0.15, 0.2) is 36.7 Å². The van der Waals surface area contributed by atoms with Gasteiger partial charge < -0.3 is 14.5 Å². The average Bonchev–Trinajstić information content (AvgIpc) is 3.16. The van der Waals surface area contributed by atoms with Gasteiger partial charge in [0.25, 0.3) is 0 Å². The second kappa shape index (κ2) is 8.30. The van der Waals surface area contributed by atoms with Crippen LogP contribution in [0.2, 0.25) is 0 Å². The summed E-state index contributed by atoms with van der Waals surface area (Å²) < 4.78 is 7.01. The monoisotopic (exact) mass is 381 g/mol. The van der Waals surface area contributed by atoms with E-state index in [4.69, 9.17) is 4.74 Å². The molecule has 1 fully saturated rings. The number of carbonyl (C=O) groups excluding carboxylic acids is 1. The van der Waals surface area contributed by atoms with Crippen molar-refractivity contribution in [2.24, 2.45) is 0 Å². The van der Waals surface area contributed by atoms with Crippen LogP contribution in [-0.2, 0) is 16.1 Å². The summed E-state index contributed by atoms with van der Waals surface area (Å²) in [5.74, 6) is 0.796. The standard InChI is InChI=1S/C19H23N7O2/c1-2-28-13-16(27)24-8-10-25(11-9-24)18-17-19(21-14-20-18)26(23-22-17)12-15-6-4-3-5-7-15/h3-7,14H,2,8-13H2,1H3. The molecule has 3 aromatic rings. The summed E-state index contributed by atoms with van der Waals surface area (Å²) in [5, 5.41) is 8.61. The molecule has 9 nitrogen and oxygen atoms in total. The molecule has 1 aromatic carbocycles. The van der Waals surface area contributed by atoms with Gasteiger partial charge >= 0.3 is 0 Å². The van der Waals surface area contributed by atoms with Crippen LogP contribution in [0.1, 0.15) is 12.5 Å². The van der Waals surface area contributed by atoms with Crippen molar-refractivity contribution in [1.82, 2.24) is 29.9 Å². The maximum absolute atomic E-state index is 12.1. The highest BCUT2D eigenvalue weighted by molar-refractivity contribution is 5.83. The highest BCUT2D eigenvalue weighted by atomic mass is 16.5. The quantitative estimate of drug-likeness (QED) is 0.628. The predicted molar refractivity (Wildman–Crippen MR) is 104 cm³/mol. The summed E-state index contributed by atoms with van der Waals surface area (Å²) in [6.45, 7) is 5.82. The number of amides is 1. The predicted octanol–water partition coefficient (Wildman–Crippen LogP) is 0.955. The number of aromatic nitrogens is 5. The van der Waals surface area contributed by atoms with Gasteiger partial charge in [-0.25, -0.2) is 14.6 Å². The van der Waals surface area contributed by atoms with E-state index in [1.807, 2.05) is 42.2 Å². The van der Waals surface area contributed by atoms with E-state index in [-0.39, 0.29) is 12.5 Å². The Balaban J connectivity index is 1.49. The molecule has 9 heteroatoms. The van der Waals surface area contributed by atoms with Gasteiger partial charge in [0, 0.05) is 32.8 Å². The van der Waals surface area contributed by atoms with E-state index in [1.54, 1.807) is 11.0 Å². The van der Waals surface area contributed by atoms with Gasteiger partial charge in [-0.3, -0.25) is 4.79 Å². The number of piperazine rings is 1. The lowest BCUT2D eigenvalue weighted by Crippen LogP contribution is -2.50. The number of hydrogen-bond acceptors (Lipinski definition) is 7. The summed E-state index contributed by atoms with van der Waals surface area (Å²) in [6, 6.07) is 10.1. The minimum atomic E-state index is 0.0307. The molecule has 0 saturated carbocycles. The van der Waals surface area contributed by atoms with E-state index in [1.165, 1.54) is 0 Å². The van der Waals surface area contributed by atoms with Crippen molar-refractivity contribution in [2.45, 2.75) is 13.5 Å². The Morgan fingerprint density at radius 1 is 1.11 bits per heavy atom. The molecule has 146 valence electrons. The molecular weight excluding hydrogens is 358 g/mol. The lowest BCUT2D eigenvalue weighted by molar-refractivity contribution is -0.136. The zero-order valence-electron chi connectivity index (χ0n) is 15.9. The molecule has 0 spiro atoms. The van der Waals surface area contributed by atoms with Crippen LogP contribution in [0.5, 0.6) is 0 Å². The van der Waals surface area contributed by atoms with Gasteiger partial charge in [0.1, 0.15) is 12.9 Å². The summed E-state index contributed by atoms with van der Waals surface area (Å²) in [5.41, 5.74) is 2.53. The first-order chi connectivity index (χ1) is 13.8. The van der Waals surface area contributed by atoms with Crippen molar-refractivity contribution in [2.75, 3.05) is 44.3 Å². The maximum Gasteiger partial charge on any atom is 0.248 e. The Bertz CT molecular complexity index is 936. The van der Waals surface area contributed by atoms with Gasteiger partial charge in [0.05, 0.1) is 6.54 Å². The number of ether oxygens (including phenoxy) is 1. The highest BCUT2D eigenvalue weighted by Crippen LogP contribution is 2.22. The Labute approximate surface area is 162 Å². The SMILES string of the molecule is CCOCC(=O)N1CCN(c2ncnc3c2nnn3Cc2ccccc2)CC1. The van der Waals surface area contributed by atoms with Crippen molar-refractivity contribution in [3.8, 4) is 0 Å². The summed E-state index contributed by atoms with van der Waals surface area (Å²) >= 11 is 0. The molecule has 1 aliphatic rings. The number of rotatable bonds is 6. The van der Waals surface area contributed by atoms with Crippen LogP contribution in [0.4, 0.5) is 5.82 Å². The molecular formula is C19H23N7O2. The van der Waals surface area contributed by atoms with E-state index < -0.39 is 0 Å². The molecule has 0 N–H and O–H groups in total. The topological polar surface area (TPSA) is 89.3 Å². The minimum absolute atomic E-state index is 0.0307. The fourth-order valence-corrected chi connectivity index (χ4v) is 3.32. The Hall–Kier alpha value is -3.07. The maximum atomic E-state index is 12.1. The largest absolute Gasteiger partial charge is 0.372 e. The molecule has 1 saturated heterocycles. The van der Waals surface area contributed by atoms with Crippen molar-refractivity contribution in [1.29, 1.82) is 0 Å². The molecule has 0 bridgehead atoms. The van der Waals surface area contributed by atoms with E-state index in [2.05, 4.69) is 25.2 Å². The number of hydrogen-bond donors (Lipinski definition) is 0. The molecule has 1 amide bonds. The molecule has 3 heterocycles. The molecule has 0 aliphatic carbocycles. The Morgan fingerprint density at radius 2 is 1.89 bits per heavy atom. The first kappa shape index (κ1) is 18.3. The fourth-order valence-electron chi connectivity index (χ4n) is 3.32. The van der Waals surface area contributed by atoms with Crippen molar-refractivity contribution in [3.63, 3.8) is 0 Å². The second-order valence-electron chi connectivity index (χ2n) is 6.61. The summed E-state index contributed by atoms with van der Waals surface area (Å²) in [6.07, 6.45) is 1.55. The number of benzene rings is 1. The average molecular weight is 381 g/mol. The number of carbonyl (C=O) groups is 1. The van der Waals surface area contributed by atoms with E-state index in [0.717, 1.165) is 11.4 Å². The third kappa shape index (κ3) is 3.79. The third-order valence-electron chi connectivity index (χ3n) is 4.82. The van der Waals surface area contributed by atoms with E-state index in [0.29, 0.717) is 50.5 Å². The van der Waals surface area contributed by atoms with Gasteiger partial charge in [-0.05, 0) is 12.5 Å². The van der Waals surface area contributed by atoms with E-state index >= 15 is 0 Å². The molecule has 0 radical (unpaired) electrons. The van der Waals surface area contributed by atoms with E-state index in [9.17, 15) is 4.79 Å². The van der Waals surface area contributed by atoms with Crippen LogP contribution < -0.4 is 4.90 Å². The normalized spacial score (nSPS) is 14.6. The fraction of sp³-hybridized carbons (Fsp3) is 0.421. The van der Waals surface area contributed by atoms with Gasteiger partial charge in [0.15, 0.2) is 17.0 Å². The van der Waals surface area contributed by atoms with Crippen molar-refractivity contribution < 1.29 is 9.53 Å². The smallest absolute Gasteiger partial charge is 0.248 e. The molecule has 2 aromatic heterocycles. The lowest BCUT2D eigenvalue weighted by atomic mass is 10.2. The second-order valence-corrected chi connectivity index (χ2v) is 6.61. The van der Waals surface area contributed by atoms with Gasteiger partial charge in [-0.1, -0.05) is 35.5 Å². The zero-order chi connectivity index (χ0) is 19.3. The Morgan fingerprint density at radius 3 is 2.64 bits per heavy atom. The Kier molecular flexibility index (Phi) is 5.43. The highest BCUT2D eigenvalue weighted by Gasteiger charge is 2.24. The van der Waals surface area contributed by atoms with Crippen molar-refractivity contribution in [3.05, 3.63) is 42.2 Å². The number of fused-ring (bicyclic) bond motifs is 1. The third-order valence-corrected chi connectivity index (χ3v) is 4.82. The minimum Gasteiger partial charge on any atom is -0.372 e.